The third kappa shape index (κ3) is 4.04. The average molecular weight is 308 g/mol. The SMILES string of the molecule is CCNc1nc(NC(C)CCOC)c2cc(CC)sc2n1. The van der Waals surface area contributed by atoms with Gasteiger partial charge in [-0.2, -0.15) is 4.98 Å². The summed E-state index contributed by atoms with van der Waals surface area (Å²) in [5.41, 5.74) is 0. The van der Waals surface area contributed by atoms with Gasteiger partial charge in [-0.25, -0.2) is 4.98 Å². The fourth-order valence-corrected chi connectivity index (χ4v) is 3.06. The average Bonchev–Trinajstić information content (AvgIpc) is 2.89. The van der Waals surface area contributed by atoms with Crippen molar-refractivity contribution in [1.82, 2.24) is 9.97 Å². The maximum atomic E-state index is 5.14. The Hall–Kier alpha value is -1.40. The fraction of sp³-hybridized carbons (Fsp3) is 0.600. The summed E-state index contributed by atoms with van der Waals surface area (Å²) < 4.78 is 5.14. The van der Waals surface area contributed by atoms with Crippen molar-refractivity contribution in [2.24, 2.45) is 0 Å². The number of methoxy groups -OCH3 is 1. The molecule has 2 N–H and O–H groups in total. The molecule has 2 aromatic rings. The molecular weight excluding hydrogens is 284 g/mol. The zero-order valence-corrected chi connectivity index (χ0v) is 14.0. The highest BCUT2D eigenvalue weighted by Crippen LogP contribution is 2.30. The van der Waals surface area contributed by atoms with E-state index in [4.69, 9.17) is 4.74 Å². The smallest absolute Gasteiger partial charge is 0.226 e. The first kappa shape index (κ1) is 16.0. The number of hydrogen-bond donors (Lipinski definition) is 2. The highest BCUT2D eigenvalue weighted by Gasteiger charge is 2.13. The first-order valence-electron chi connectivity index (χ1n) is 7.47. The van der Waals surface area contributed by atoms with Crippen molar-refractivity contribution in [3.8, 4) is 0 Å². The van der Waals surface area contributed by atoms with E-state index in [2.05, 4.69) is 40.5 Å². The molecule has 0 amide bonds. The minimum absolute atomic E-state index is 0.308. The van der Waals surface area contributed by atoms with Crippen LogP contribution in [0.1, 0.15) is 32.1 Å². The van der Waals surface area contributed by atoms with Crippen molar-refractivity contribution in [2.75, 3.05) is 30.9 Å². The van der Waals surface area contributed by atoms with Crippen molar-refractivity contribution >= 4 is 33.3 Å². The number of rotatable bonds is 8. The van der Waals surface area contributed by atoms with Crippen LogP contribution in [0.2, 0.25) is 0 Å². The molecule has 2 rings (SSSR count). The van der Waals surface area contributed by atoms with Crippen molar-refractivity contribution in [1.29, 1.82) is 0 Å². The third-order valence-corrected chi connectivity index (χ3v) is 4.44. The van der Waals surface area contributed by atoms with Gasteiger partial charge in [-0.3, -0.25) is 0 Å². The molecule has 116 valence electrons. The normalized spacial score (nSPS) is 12.6. The van der Waals surface area contributed by atoms with Crippen LogP contribution in [0.15, 0.2) is 6.07 Å². The van der Waals surface area contributed by atoms with Gasteiger partial charge in [0.05, 0.1) is 5.39 Å². The Morgan fingerprint density at radius 1 is 1.33 bits per heavy atom. The van der Waals surface area contributed by atoms with Crippen LogP contribution in [-0.4, -0.2) is 36.3 Å². The van der Waals surface area contributed by atoms with E-state index in [0.717, 1.165) is 42.0 Å². The second-order valence-electron chi connectivity index (χ2n) is 5.04. The van der Waals surface area contributed by atoms with Crippen LogP contribution in [0.5, 0.6) is 0 Å². The molecule has 0 saturated carbocycles. The summed E-state index contributed by atoms with van der Waals surface area (Å²) in [6.07, 6.45) is 1.97. The van der Waals surface area contributed by atoms with E-state index in [9.17, 15) is 0 Å². The maximum Gasteiger partial charge on any atom is 0.226 e. The molecule has 1 unspecified atom stereocenters. The number of fused-ring (bicyclic) bond motifs is 1. The lowest BCUT2D eigenvalue weighted by Gasteiger charge is -2.15. The second kappa shape index (κ2) is 7.56. The molecule has 0 radical (unpaired) electrons. The van der Waals surface area contributed by atoms with E-state index in [-0.39, 0.29) is 0 Å². The van der Waals surface area contributed by atoms with E-state index < -0.39 is 0 Å². The van der Waals surface area contributed by atoms with Gasteiger partial charge in [0.25, 0.3) is 0 Å². The summed E-state index contributed by atoms with van der Waals surface area (Å²) in [6.45, 7) is 7.92. The lowest BCUT2D eigenvalue weighted by atomic mass is 10.2. The van der Waals surface area contributed by atoms with Crippen molar-refractivity contribution in [3.63, 3.8) is 0 Å². The second-order valence-corrected chi connectivity index (χ2v) is 6.15. The monoisotopic (exact) mass is 308 g/mol. The van der Waals surface area contributed by atoms with Crippen LogP contribution >= 0.6 is 11.3 Å². The van der Waals surface area contributed by atoms with E-state index in [0.29, 0.717) is 12.0 Å². The van der Waals surface area contributed by atoms with Crippen LogP contribution in [0, 0.1) is 0 Å². The molecule has 0 spiro atoms. The molecule has 1 atom stereocenters. The van der Waals surface area contributed by atoms with Gasteiger partial charge in [0.15, 0.2) is 0 Å². The topological polar surface area (TPSA) is 59.1 Å². The number of ether oxygens (including phenoxy) is 1. The molecule has 0 aliphatic rings. The Kier molecular flexibility index (Phi) is 5.76. The maximum absolute atomic E-state index is 5.14. The molecule has 6 heteroatoms. The Morgan fingerprint density at radius 2 is 2.14 bits per heavy atom. The Balaban J connectivity index is 2.31. The molecule has 2 aromatic heterocycles. The highest BCUT2D eigenvalue weighted by atomic mass is 32.1. The Labute approximate surface area is 130 Å². The van der Waals surface area contributed by atoms with E-state index in [1.165, 1.54) is 4.88 Å². The Morgan fingerprint density at radius 3 is 2.81 bits per heavy atom. The minimum atomic E-state index is 0.308. The zero-order valence-electron chi connectivity index (χ0n) is 13.2. The number of hydrogen-bond acceptors (Lipinski definition) is 6. The van der Waals surface area contributed by atoms with E-state index in [1.54, 1.807) is 18.4 Å². The number of aryl methyl sites for hydroxylation is 1. The van der Waals surface area contributed by atoms with Gasteiger partial charge in [-0.15, -0.1) is 11.3 Å². The molecule has 0 aromatic carbocycles. The van der Waals surface area contributed by atoms with Crippen LogP contribution in [-0.2, 0) is 11.2 Å². The van der Waals surface area contributed by atoms with Crippen LogP contribution in [0.25, 0.3) is 10.2 Å². The van der Waals surface area contributed by atoms with Crippen LogP contribution in [0.3, 0.4) is 0 Å². The zero-order chi connectivity index (χ0) is 15.2. The summed E-state index contributed by atoms with van der Waals surface area (Å²) in [6, 6.07) is 2.50. The van der Waals surface area contributed by atoms with Gasteiger partial charge in [0.1, 0.15) is 10.6 Å². The van der Waals surface area contributed by atoms with Crippen LogP contribution < -0.4 is 10.6 Å². The largest absolute Gasteiger partial charge is 0.385 e. The van der Waals surface area contributed by atoms with E-state index in [1.807, 2.05) is 6.92 Å². The summed E-state index contributed by atoms with van der Waals surface area (Å²) in [4.78, 5) is 11.6. The highest BCUT2D eigenvalue weighted by molar-refractivity contribution is 7.18. The van der Waals surface area contributed by atoms with Gasteiger partial charge in [-0.1, -0.05) is 6.92 Å². The number of aromatic nitrogens is 2. The molecule has 0 aliphatic carbocycles. The van der Waals surface area contributed by atoms with Gasteiger partial charge in [0.2, 0.25) is 5.95 Å². The summed E-state index contributed by atoms with van der Waals surface area (Å²) in [5, 5.41) is 7.81. The van der Waals surface area contributed by atoms with E-state index >= 15 is 0 Å². The third-order valence-electron chi connectivity index (χ3n) is 3.27. The molecule has 21 heavy (non-hydrogen) atoms. The first-order chi connectivity index (χ1) is 10.2. The molecule has 0 saturated heterocycles. The summed E-state index contributed by atoms with van der Waals surface area (Å²) in [5.74, 6) is 1.60. The number of thiophene rings is 1. The summed E-state index contributed by atoms with van der Waals surface area (Å²) in [7, 11) is 1.73. The molecule has 0 fully saturated rings. The minimum Gasteiger partial charge on any atom is -0.385 e. The number of nitrogens with zero attached hydrogens (tertiary/aromatic N) is 2. The van der Waals surface area contributed by atoms with Crippen LogP contribution in [0.4, 0.5) is 11.8 Å². The predicted octanol–water partition coefficient (Wildman–Crippen LogP) is 3.52. The van der Waals surface area contributed by atoms with Gasteiger partial charge in [-0.05, 0) is 32.8 Å². The van der Waals surface area contributed by atoms with Gasteiger partial charge < -0.3 is 15.4 Å². The lowest BCUT2D eigenvalue weighted by molar-refractivity contribution is 0.191. The molecule has 2 heterocycles. The predicted molar refractivity (Wildman–Crippen MR) is 90.5 cm³/mol. The Bertz CT molecular complexity index is 584. The first-order valence-corrected chi connectivity index (χ1v) is 8.29. The van der Waals surface area contributed by atoms with Crippen molar-refractivity contribution in [3.05, 3.63) is 10.9 Å². The molecule has 0 bridgehead atoms. The van der Waals surface area contributed by atoms with Gasteiger partial charge >= 0.3 is 0 Å². The molecular formula is C15H24N4OS. The molecule has 0 aliphatic heterocycles. The lowest BCUT2D eigenvalue weighted by Crippen LogP contribution is -2.18. The van der Waals surface area contributed by atoms with Crippen molar-refractivity contribution in [2.45, 2.75) is 39.7 Å². The quantitative estimate of drug-likeness (QED) is 0.781. The number of anilines is 2. The fourth-order valence-electron chi connectivity index (χ4n) is 2.09. The van der Waals surface area contributed by atoms with Gasteiger partial charge in [0, 0.05) is 31.2 Å². The standard InChI is InChI=1S/C15H24N4OS/c1-5-11-9-12-13(17-10(3)7-8-20-4)18-15(16-6-2)19-14(12)21-11/h9-10H,5-8H2,1-4H3,(H2,16,17,18,19). The van der Waals surface area contributed by atoms with Crippen molar-refractivity contribution < 1.29 is 4.74 Å². The molecule has 5 nitrogen and oxygen atoms in total. The number of nitrogens with one attached hydrogen (secondary N) is 2. The summed E-state index contributed by atoms with van der Waals surface area (Å²) >= 11 is 1.74.